The second-order valence-corrected chi connectivity index (χ2v) is 6.91. The molecule has 3 N–H and O–H groups in total. The second kappa shape index (κ2) is 8.58. The van der Waals surface area contributed by atoms with E-state index < -0.39 is 11.7 Å². The predicted molar refractivity (Wildman–Crippen MR) is 113 cm³/mol. The number of aromatic nitrogens is 1. The molecule has 1 aliphatic rings. The third-order valence-corrected chi connectivity index (χ3v) is 4.98. The molecule has 150 valence electrons. The van der Waals surface area contributed by atoms with Gasteiger partial charge >= 0.3 is 6.09 Å². The van der Waals surface area contributed by atoms with Crippen molar-refractivity contribution in [3.05, 3.63) is 87.8 Å². The Bertz CT molecular complexity index is 1160. The van der Waals surface area contributed by atoms with E-state index in [1.165, 1.54) is 34.5 Å². The Balaban J connectivity index is 1.29. The van der Waals surface area contributed by atoms with Crippen molar-refractivity contribution >= 4 is 6.09 Å². The number of nitrogens with one attached hydrogen (secondary N) is 2. The van der Waals surface area contributed by atoms with Gasteiger partial charge < -0.3 is 20.1 Å². The number of carbonyl (C=O) groups excluding carboxylic acids is 1. The zero-order valence-electron chi connectivity index (χ0n) is 16.1. The molecule has 0 saturated carbocycles. The van der Waals surface area contributed by atoms with Gasteiger partial charge in [0.2, 0.25) is 0 Å². The first-order valence-electron chi connectivity index (χ1n) is 9.63. The van der Waals surface area contributed by atoms with Crippen LogP contribution in [-0.2, 0) is 4.74 Å². The maximum atomic E-state index is 12.1. The number of carbonyl (C=O) groups is 1. The summed E-state index contributed by atoms with van der Waals surface area (Å²) >= 11 is 0. The molecular weight excluding hydrogens is 380 g/mol. The molecule has 0 atom stereocenters. The number of aromatic amines is 1. The molecule has 0 fully saturated rings. The van der Waals surface area contributed by atoms with Crippen molar-refractivity contribution in [2.24, 2.45) is 0 Å². The molecule has 2 aromatic carbocycles. The summed E-state index contributed by atoms with van der Waals surface area (Å²) in [4.78, 5) is 25.6. The maximum Gasteiger partial charge on any atom is 0.407 e. The average molecular weight is 400 g/mol. The fraction of sp³-hybridized carbons (Fsp3) is 0.167. The lowest BCUT2D eigenvalue weighted by molar-refractivity contribution is 0.143. The third kappa shape index (κ3) is 4.06. The molecule has 3 aromatic rings. The number of benzene rings is 2. The standard InChI is InChI=1S/C24H20N2O4/c27-22-13-16(14-26-23(22)28)7-5-6-12-25-24(29)30-15-21-19-10-3-1-8-17(19)18-9-2-4-11-20(18)21/h1-4,8-11,13-14,21,27H,6,12,15H2,(H,25,29)(H,26,28). The molecule has 0 aliphatic heterocycles. The minimum Gasteiger partial charge on any atom is -0.503 e. The molecule has 4 rings (SSSR count). The topological polar surface area (TPSA) is 91.4 Å². The number of ether oxygens (including phenoxy) is 1. The molecule has 1 aliphatic carbocycles. The van der Waals surface area contributed by atoms with E-state index in [-0.39, 0.29) is 18.3 Å². The number of alkyl carbamates (subject to hydrolysis) is 1. The maximum absolute atomic E-state index is 12.1. The Morgan fingerprint density at radius 1 is 1.10 bits per heavy atom. The predicted octanol–water partition coefficient (Wildman–Crippen LogP) is 3.36. The Kier molecular flexibility index (Phi) is 5.53. The monoisotopic (exact) mass is 400 g/mol. The van der Waals surface area contributed by atoms with Gasteiger partial charge in [-0.1, -0.05) is 60.4 Å². The van der Waals surface area contributed by atoms with E-state index in [9.17, 15) is 14.7 Å². The summed E-state index contributed by atoms with van der Waals surface area (Å²) in [5.74, 6) is 5.33. The Morgan fingerprint density at radius 2 is 1.77 bits per heavy atom. The molecule has 1 aromatic heterocycles. The molecule has 30 heavy (non-hydrogen) atoms. The number of rotatable bonds is 4. The van der Waals surface area contributed by atoms with Crippen molar-refractivity contribution < 1.29 is 14.6 Å². The highest BCUT2D eigenvalue weighted by Crippen LogP contribution is 2.44. The molecule has 0 unspecified atom stereocenters. The SMILES string of the molecule is O=C(NCCC#Cc1c[nH]c(=O)c(O)c1)OCC1c2ccccc2-c2ccccc21. The Labute approximate surface area is 173 Å². The summed E-state index contributed by atoms with van der Waals surface area (Å²) < 4.78 is 5.46. The summed E-state index contributed by atoms with van der Waals surface area (Å²) in [5, 5.41) is 12.1. The summed E-state index contributed by atoms with van der Waals surface area (Å²) in [6, 6.07) is 17.7. The van der Waals surface area contributed by atoms with E-state index >= 15 is 0 Å². The van der Waals surface area contributed by atoms with Crippen LogP contribution >= 0.6 is 0 Å². The molecule has 1 heterocycles. The lowest BCUT2D eigenvalue weighted by Crippen LogP contribution is -2.26. The molecule has 0 radical (unpaired) electrons. The van der Waals surface area contributed by atoms with Crippen molar-refractivity contribution in [2.45, 2.75) is 12.3 Å². The lowest BCUT2D eigenvalue weighted by Gasteiger charge is -2.14. The number of H-pyrrole nitrogens is 1. The van der Waals surface area contributed by atoms with Gasteiger partial charge in [0.1, 0.15) is 6.61 Å². The Hall–Kier alpha value is -3.98. The van der Waals surface area contributed by atoms with Gasteiger partial charge in [0.25, 0.3) is 5.56 Å². The van der Waals surface area contributed by atoms with Gasteiger partial charge in [0.05, 0.1) is 0 Å². The Morgan fingerprint density at radius 3 is 2.43 bits per heavy atom. The van der Waals surface area contributed by atoms with Crippen molar-refractivity contribution in [1.82, 2.24) is 10.3 Å². The summed E-state index contributed by atoms with van der Waals surface area (Å²) in [6.45, 7) is 0.598. The normalized spacial score (nSPS) is 11.7. The van der Waals surface area contributed by atoms with Gasteiger partial charge in [-0.15, -0.1) is 0 Å². The number of pyridine rings is 1. The van der Waals surface area contributed by atoms with Crippen LogP contribution in [0.25, 0.3) is 11.1 Å². The number of amides is 1. The van der Waals surface area contributed by atoms with Crippen LogP contribution in [0.2, 0.25) is 0 Å². The van der Waals surface area contributed by atoms with Crippen LogP contribution < -0.4 is 10.9 Å². The van der Waals surface area contributed by atoms with Crippen LogP contribution in [0.5, 0.6) is 5.75 Å². The number of aromatic hydroxyl groups is 1. The van der Waals surface area contributed by atoms with Gasteiger partial charge in [-0.05, 0) is 22.3 Å². The van der Waals surface area contributed by atoms with Crippen LogP contribution in [0.3, 0.4) is 0 Å². The van der Waals surface area contributed by atoms with Gasteiger partial charge in [0.15, 0.2) is 5.75 Å². The number of hydrogen-bond acceptors (Lipinski definition) is 4. The molecule has 0 bridgehead atoms. The molecule has 0 saturated heterocycles. The van der Waals surface area contributed by atoms with E-state index in [1.54, 1.807) is 0 Å². The van der Waals surface area contributed by atoms with Crippen molar-refractivity contribution in [1.29, 1.82) is 0 Å². The van der Waals surface area contributed by atoms with Crippen LogP contribution in [-0.4, -0.2) is 29.3 Å². The quantitative estimate of drug-likeness (QED) is 0.463. The van der Waals surface area contributed by atoms with Crippen LogP contribution in [0, 0.1) is 11.8 Å². The number of hydrogen-bond donors (Lipinski definition) is 3. The minimum atomic E-state index is -0.558. The lowest BCUT2D eigenvalue weighted by atomic mass is 9.98. The highest BCUT2D eigenvalue weighted by molar-refractivity contribution is 5.79. The highest BCUT2D eigenvalue weighted by atomic mass is 16.5. The summed E-state index contributed by atoms with van der Waals surface area (Å²) in [7, 11) is 0. The van der Waals surface area contributed by atoms with Crippen molar-refractivity contribution in [3.63, 3.8) is 0 Å². The van der Waals surface area contributed by atoms with Gasteiger partial charge in [-0.3, -0.25) is 4.79 Å². The van der Waals surface area contributed by atoms with Crippen molar-refractivity contribution in [2.75, 3.05) is 13.2 Å². The van der Waals surface area contributed by atoms with E-state index in [0.29, 0.717) is 18.5 Å². The van der Waals surface area contributed by atoms with Crippen LogP contribution in [0.15, 0.2) is 65.6 Å². The zero-order valence-corrected chi connectivity index (χ0v) is 16.1. The van der Waals surface area contributed by atoms with Crippen LogP contribution in [0.1, 0.15) is 29.0 Å². The van der Waals surface area contributed by atoms with Gasteiger partial charge in [-0.2, -0.15) is 0 Å². The average Bonchev–Trinajstić information content (AvgIpc) is 3.08. The van der Waals surface area contributed by atoms with Crippen molar-refractivity contribution in [3.8, 4) is 28.7 Å². The van der Waals surface area contributed by atoms with Gasteiger partial charge in [-0.25, -0.2) is 4.79 Å². The van der Waals surface area contributed by atoms with Gasteiger partial charge in [0, 0.05) is 36.7 Å². The fourth-order valence-electron chi connectivity index (χ4n) is 3.58. The smallest absolute Gasteiger partial charge is 0.407 e. The minimum absolute atomic E-state index is 0.0239. The van der Waals surface area contributed by atoms with E-state index in [0.717, 1.165) is 0 Å². The molecule has 6 heteroatoms. The van der Waals surface area contributed by atoms with E-state index in [1.807, 2.05) is 24.3 Å². The number of fused-ring (bicyclic) bond motifs is 3. The highest BCUT2D eigenvalue weighted by Gasteiger charge is 2.28. The molecule has 0 spiro atoms. The van der Waals surface area contributed by atoms with E-state index in [4.69, 9.17) is 4.74 Å². The van der Waals surface area contributed by atoms with E-state index in [2.05, 4.69) is 46.4 Å². The molecular formula is C24H20N2O4. The first kappa shape index (κ1) is 19.3. The fourth-order valence-corrected chi connectivity index (χ4v) is 3.58. The molecule has 6 nitrogen and oxygen atoms in total. The zero-order chi connectivity index (χ0) is 20.9. The van der Waals surface area contributed by atoms with Crippen LogP contribution in [0.4, 0.5) is 4.79 Å². The molecule has 1 amide bonds. The summed E-state index contributed by atoms with van der Waals surface area (Å²) in [5.41, 5.74) is 4.64. The summed E-state index contributed by atoms with van der Waals surface area (Å²) in [6.07, 6.45) is 1.35. The largest absolute Gasteiger partial charge is 0.503 e. The first-order chi connectivity index (χ1) is 14.6. The third-order valence-electron chi connectivity index (χ3n) is 4.98. The second-order valence-electron chi connectivity index (χ2n) is 6.91. The first-order valence-corrected chi connectivity index (χ1v) is 9.63.